The second-order valence-corrected chi connectivity index (χ2v) is 5.34. The number of aldehydes is 1. The van der Waals surface area contributed by atoms with Crippen molar-refractivity contribution >= 4 is 6.29 Å². The van der Waals surface area contributed by atoms with Gasteiger partial charge in [0.2, 0.25) is 0 Å². The second-order valence-electron chi connectivity index (χ2n) is 5.34. The molecule has 1 unspecified atom stereocenters. The maximum Gasteiger partial charge on any atom is 0.122 e. The minimum atomic E-state index is -1.22. The zero-order valence-electron chi connectivity index (χ0n) is 11.5. The van der Waals surface area contributed by atoms with Crippen LogP contribution >= 0.6 is 0 Å². The van der Waals surface area contributed by atoms with Crippen LogP contribution in [-0.4, -0.2) is 64.3 Å². The Bertz CT molecular complexity index is 356. The maximum absolute atomic E-state index is 10.5. The summed E-state index contributed by atoms with van der Waals surface area (Å²) in [6, 6.07) is 0. The van der Waals surface area contributed by atoms with Gasteiger partial charge in [-0.1, -0.05) is 12.2 Å². The molecule has 3 N–H and O–H groups in total. The standard InChI is InChI=1S/C14H22O6/c1-2-3-9(16)13-11(17)12(18)14-10(20-13)5-4-8(19-14)6-7-15/h2-3,7-14,16-18H,4-6H2,1H3/t8?,9-,10-,11-,12+,13-,14-/m0/s1. The van der Waals surface area contributed by atoms with E-state index in [0.717, 1.165) is 6.29 Å². The molecular formula is C14H22O6. The van der Waals surface area contributed by atoms with Crippen LogP contribution in [0.1, 0.15) is 26.2 Å². The quantitative estimate of drug-likeness (QED) is 0.478. The summed E-state index contributed by atoms with van der Waals surface area (Å²) in [6.07, 6.45) is 0.0671. The van der Waals surface area contributed by atoms with Gasteiger partial charge in [-0.25, -0.2) is 0 Å². The van der Waals surface area contributed by atoms with Crippen molar-refractivity contribution in [1.29, 1.82) is 0 Å². The average molecular weight is 286 g/mol. The Labute approximate surface area is 118 Å². The molecule has 2 heterocycles. The van der Waals surface area contributed by atoms with E-state index in [1.807, 2.05) is 0 Å². The van der Waals surface area contributed by atoms with Gasteiger partial charge in [0.25, 0.3) is 0 Å². The molecule has 0 aliphatic carbocycles. The monoisotopic (exact) mass is 286 g/mol. The smallest absolute Gasteiger partial charge is 0.122 e. The van der Waals surface area contributed by atoms with Gasteiger partial charge in [-0.15, -0.1) is 0 Å². The van der Waals surface area contributed by atoms with E-state index in [-0.39, 0.29) is 18.6 Å². The molecule has 2 aliphatic heterocycles. The molecule has 0 aromatic rings. The molecule has 0 saturated carbocycles. The highest BCUT2D eigenvalue weighted by Crippen LogP contribution is 2.33. The third-order valence-corrected chi connectivity index (χ3v) is 3.93. The minimum Gasteiger partial charge on any atom is -0.387 e. The number of aliphatic hydroxyl groups is 3. The Hall–Kier alpha value is -0.790. The molecule has 0 amide bonds. The molecule has 7 atom stereocenters. The van der Waals surface area contributed by atoms with Crippen LogP contribution in [0.25, 0.3) is 0 Å². The van der Waals surface area contributed by atoms with E-state index in [1.54, 1.807) is 13.0 Å². The number of rotatable bonds is 4. The van der Waals surface area contributed by atoms with E-state index in [0.29, 0.717) is 12.8 Å². The van der Waals surface area contributed by atoms with Gasteiger partial charge >= 0.3 is 0 Å². The summed E-state index contributed by atoms with van der Waals surface area (Å²) in [5.74, 6) is 0. The molecule has 6 nitrogen and oxygen atoms in total. The summed E-state index contributed by atoms with van der Waals surface area (Å²) in [4.78, 5) is 10.5. The number of carbonyl (C=O) groups is 1. The Morgan fingerprint density at radius 3 is 2.65 bits per heavy atom. The van der Waals surface area contributed by atoms with Crippen molar-refractivity contribution in [3.05, 3.63) is 12.2 Å². The molecule has 2 rings (SSSR count). The van der Waals surface area contributed by atoms with Gasteiger partial charge in [-0.3, -0.25) is 0 Å². The maximum atomic E-state index is 10.5. The van der Waals surface area contributed by atoms with Gasteiger partial charge in [0.05, 0.1) is 12.2 Å². The lowest BCUT2D eigenvalue weighted by atomic mass is 9.87. The number of hydrogen-bond acceptors (Lipinski definition) is 6. The molecule has 2 fully saturated rings. The summed E-state index contributed by atoms with van der Waals surface area (Å²) < 4.78 is 11.3. The lowest BCUT2D eigenvalue weighted by Gasteiger charge is -2.47. The van der Waals surface area contributed by atoms with Crippen LogP contribution in [0, 0.1) is 0 Å². The molecule has 0 spiro atoms. The van der Waals surface area contributed by atoms with Crippen molar-refractivity contribution in [1.82, 2.24) is 0 Å². The summed E-state index contributed by atoms with van der Waals surface area (Å²) in [6.45, 7) is 1.76. The Morgan fingerprint density at radius 2 is 2.00 bits per heavy atom. The molecule has 0 aromatic carbocycles. The van der Waals surface area contributed by atoms with E-state index < -0.39 is 30.5 Å². The normalized spacial score (nSPS) is 43.2. The Balaban J connectivity index is 2.06. The van der Waals surface area contributed by atoms with Crippen molar-refractivity contribution in [3.8, 4) is 0 Å². The van der Waals surface area contributed by atoms with Crippen molar-refractivity contribution in [3.63, 3.8) is 0 Å². The van der Waals surface area contributed by atoms with Crippen molar-refractivity contribution < 1.29 is 29.6 Å². The van der Waals surface area contributed by atoms with E-state index >= 15 is 0 Å². The highest BCUT2D eigenvalue weighted by atomic mass is 16.6. The van der Waals surface area contributed by atoms with E-state index in [4.69, 9.17) is 9.47 Å². The third-order valence-electron chi connectivity index (χ3n) is 3.93. The van der Waals surface area contributed by atoms with Gasteiger partial charge in [-0.05, 0) is 19.8 Å². The number of ether oxygens (including phenoxy) is 2. The van der Waals surface area contributed by atoms with Crippen molar-refractivity contribution in [2.45, 2.75) is 68.9 Å². The first-order valence-corrected chi connectivity index (χ1v) is 7.00. The molecule has 6 heteroatoms. The summed E-state index contributed by atoms with van der Waals surface area (Å²) >= 11 is 0. The topological polar surface area (TPSA) is 96.2 Å². The predicted octanol–water partition coefficient (Wildman–Crippen LogP) is -0.451. The molecule has 0 radical (unpaired) electrons. The Morgan fingerprint density at radius 1 is 1.25 bits per heavy atom. The van der Waals surface area contributed by atoms with E-state index in [1.165, 1.54) is 6.08 Å². The van der Waals surface area contributed by atoms with Crippen LogP contribution in [0.4, 0.5) is 0 Å². The zero-order chi connectivity index (χ0) is 14.7. The second kappa shape index (κ2) is 6.78. The van der Waals surface area contributed by atoms with Crippen LogP contribution in [0.15, 0.2) is 12.2 Å². The molecule has 114 valence electrons. The predicted molar refractivity (Wildman–Crippen MR) is 70.1 cm³/mol. The minimum absolute atomic E-state index is 0.240. The lowest BCUT2D eigenvalue weighted by Crippen LogP contribution is -2.63. The molecule has 20 heavy (non-hydrogen) atoms. The molecule has 2 saturated heterocycles. The van der Waals surface area contributed by atoms with Gasteiger partial charge in [0, 0.05) is 6.42 Å². The van der Waals surface area contributed by atoms with Crippen LogP contribution in [0.3, 0.4) is 0 Å². The fourth-order valence-electron chi connectivity index (χ4n) is 2.88. The fourth-order valence-corrected chi connectivity index (χ4v) is 2.88. The first kappa shape index (κ1) is 15.6. The van der Waals surface area contributed by atoms with Crippen molar-refractivity contribution in [2.24, 2.45) is 0 Å². The SMILES string of the molecule is CC=C[C@H](O)[C@@H]1O[C@H]2CCC(CC=O)O[C@@H]2[C@H](O)[C@@H]1O. The molecule has 2 aliphatic rings. The number of allylic oxidation sites excluding steroid dienone is 1. The first-order valence-electron chi connectivity index (χ1n) is 7.00. The average Bonchev–Trinajstić information content (AvgIpc) is 2.44. The summed E-state index contributed by atoms with van der Waals surface area (Å²) in [5, 5.41) is 30.2. The van der Waals surface area contributed by atoms with Gasteiger partial charge < -0.3 is 29.6 Å². The van der Waals surface area contributed by atoms with Crippen LogP contribution < -0.4 is 0 Å². The van der Waals surface area contributed by atoms with Gasteiger partial charge in [0.1, 0.15) is 36.8 Å². The van der Waals surface area contributed by atoms with Crippen molar-refractivity contribution in [2.75, 3.05) is 0 Å². The van der Waals surface area contributed by atoms with Gasteiger partial charge in [0.15, 0.2) is 0 Å². The summed E-state index contributed by atoms with van der Waals surface area (Å²) in [7, 11) is 0. The first-order chi connectivity index (χ1) is 9.58. The Kier molecular flexibility index (Phi) is 5.29. The van der Waals surface area contributed by atoms with E-state index in [9.17, 15) is 20.1 Å². The zero-order valence-corrected chi connectivity index (χ0v) is 11.5. The summed E-state index contributed by atoms with van der Waals surface area (Å²) in [5.41, 5.74) is 0. The fraction of sp³-hybridized carbons (Fsp3) is 0.786. The number of fused-ring (bicyclic) bond motifs is 1. The highest BCUT2D eigenvalue weighted by molar-refractivity contribution is 5.50. The number of hydrogen-bond donors (Lipinski definition) is 3. The molecule has 0 aromatic heterocycles. The third kappa shape index (κ3) is 3.10. The van der Waals surface area contributed by atoms with Crippen LogP contribution in [0.5, 0.6) is 0 Å². The number of carbonyl (C=O) groups excluding carboxylic acids is 1. The lowest BCUT2D eigenvalue weighted by molar-refractivity contribution is -0.273. The van der Waals surface area contributed by atoms with E-state index in [2.05, 4.69) is 0 Å². The molecular weight excluding hydrogens is 264 g/mol. The molecule has 0 bridgehead atoms. The number of aliphatic hydroxyl groups excluding tert-OH is 3. The van der Waals surface area contributed by atoms with Crippen LogP contribution in [-0.2, 0) is 14.3 Å². The largest absolute Gasteiger partial charge is 0.387 e. The van der Waals surface area contributed by atoms with Crippen LogP contribution in [0.2, 0.25) is 0 Å². The highest BCUT2D eigenvalue weighted by Gasteiger charge is 2.49. The van der Waals surface area contributed by atoms with Gasteiger partial charge in [-0.2, -0.15) is 0 Å².